The maximum atomic E-state index is 13.0. The summed E-state index contributed by atoms with van der Waals surface area (Å²) in [5.74, 6) is 6.12. The molecule has 2 heterocycles. The van der Waals surface area contributed by atoms with Gasteiger partial charge in [-0.2, -0.15) is 9.37 Å². The molecule has 1 aliphatic carbocycles. The van der Waals surface area contributed by atoms with Gasteiger partial charge in [-0.1, -0.05) is 24.3 Å². The topological polar surface area (TPSA) is 113 Å². The smallest absolute Gasteiger partial charge is 0.246 e. The molecule has 0 unspecified atom stereocenters. The van der Waals surface area contributed by atoms with E-state index in [1.165, 1.54) is 36.4 Å². The van der Waals surface area contributed by atoms with Crippen molar-refractivity contribution in [2.45, 2.75) is 44.7 Å². The fourth-order valence-electron chi connectivity index (χ4n) is 4.05. The minimum atomic E-state index is -0.591. The normalized spacial score (nSPS) is 17.7. The molecule has 0 saturated heterocycles. The van der Waals surface area contributed by atoms with E-state index in [-0.39, 0.29) is 29.7 Å². The SMILES string of the molecule is COc1nc(Nc2ccc(F)nc2)ncc1C#C[C@@H]1CCC[C@H](NC(=O)[C@H](C)N(C)C(=O)C=CCN(C)C)C1. The summed E-state index contributed by atoms with van der Waals surface area (Å²) in [5.41, 5.74) is 1.08. The number of ether oxygens (including phenoxy) is 1. The van der Waals surface area contributed by atoms with Gasteiger partial charge in [-0.25, -0.2) is 9.97 Å². The van der Waals surface area contributed by atoms with Gasteiger partial charge in [-0.15, -0.1) is 0 Å². The van der Waals surface area contributed by atoms with Crippen molar-refractivity contribution < 1.29 is 18.7 Å². The Morgan fingerprint density at radius 2 is 2.03 bits per heavy atom. The number of carbonyl (C=O) groups is 2. The summed E-state index contributed by atoms with van der Waals surface area (Å²) in [6.45, 7) is 2.38. The zero-order chi connectivity index (χ0) is 28.4. The minimum Gasteiger partial charge on any atom is -0.480 e. The Hall–Kier alpha value is -4.04. The number of pyridine rings is 1. The number of methoxy groups -OCH3 is 1. The van der Waals surface area contributed by atoms with Crippen LogP contribution in [0.15, 0.2) is 36.7 Å². The molecule has 208 valence electrons. The van der Waals surface area contributed by atoms with Gasteiger partial charge >= 0.3 is 0 Å². The van der Waals surface area contributed by atoms with Crippen LogP contribution in [0.2, 0.25) is 0 Å². The largest absolute Gasteiger partial charge is 0.480 e. The second-order valence-corrected chi connectivity index (χ2v) is 9.74. The number of hydrogen-bond acceptors (Lipinski definition) is 8. The summed E-state index contributed by atoms with van der Waals surface area (Å²) in [6, 6.07) is 2.16. The average Bonchev–Trinajstić information content (AvgIpc) is 2.92. The van der Waals surface area contributed by atoms with Crippen LogP contribution in [0.4, 0.5) is 16.0 Å². The number of rotatable bonds is 9. The molecule has 3 rings (SSSR count). The van der Waals surface area contributed by atoms with Crippen molar-refractivity contribution in [2.24, 2.45) is 5.92 Å². The van der Waals surface area contributed by atoms with E-state index < -0.39 is 12.0 Å². The first-order valence-corrected chi connectivity index (χ1v) is 12.9. The van der Waals surface area contributed by atoms with Crippen LogP contribution in [0.25, 0.3) is 0 Å². The van der Waals surface area contributed by atoms with Gasteiger partial charge in [0.25, 0.3) is 0 Å². The lowest BCUT2D eigenvalue weighted by Crippen LogP contribution is -2.49. The molecule has 10 nitrogen and oxygen atoms in total. The fraction of sp³-hybridized carbons (Fsp3) is 0.464. The number of amides is 2. The van der Waals surface area contributed by atoms with Crippen LogP contribution in [0, 0.1) is 23.7 Å². The van der Waals surface area contributed by atoms with Crippen molar-refractivity contribution >= 4 is 23.5 Å². The Labute approximate surface area is 229 Å². The summed E-state index contributed by atoms with van der Waals surface area (Å²) < 4.78 is 18.4. The van der Waals surface area contributed by atoms with E-state index >= 15 is 0 Å². The molecule has 0 spiro atoms. The molecule has 2 aromatic rings. The number of hydrogen-bond donors (Lipinski definition) is 2. The monoisotopic (exact) mass is 537 g/mol. The van der Waals surface area contributed by atoms with Crippen LogP contribution in [0.3, 0.4) is 0 Å². The molecule has 1 fully saturated rings. The highest BCUT2D eigenvalue weighted by Gasteiger charge is 2.26. The molecule has 1 aliphatic rings. The maximum absolute atomic E-state index is 13.0. The van der Waals surface area contributed by atoms with Crippen LogP contribution < -0.4 is 15.4 Å². The molecule has 3 atom stereocenters. The lowest BCUT2D eigenvalue weighted by molar-refractivity contribution is -0.135. The lowest BCUT2D eigenvalue weighted by atomic mass is 9.86. The Balaban J connectivity index is 1.57. The molecular formula is C28H36FN7O3. The van der Waals surface area contributed by atoms with Crippen LogP contribution >= 0.6 is 0 Å². The summed E-state index contributed by atoms with van der Waals surface area (Å²) in [7, 11) is 6.98. The molecule has 11 heteroatoms. The number of carbonyl (C=O) groups excluding carboxylic acids is 2. The third-order valence-corrected chi connectivity index (χ3v) is 6.40. The molecule has 0 aromatic carbocycles. The Morgan fingerprint density at radius 1 is 1.23 bits per heavy atom. The second-order valence-electron chi connectivity index (χ2n) is 9.74. The van der Waals surface area contributed by atoms with E-state index in [2.05, 4.69) is 37.4 Å². The van der Waals surface area contributed by atoms with Crippen molar-refractivity contribution in [1.29, 1.82) is 0 Å². The molecule has 0 bridgehead atoms. The van der Waals surface area contributed by atoms with E-state index in [0.29, 0.717) is 30.1 Å². The predicted octanol–water partition coefficient (Wildman–Crippen LogP) is 2.75. The first kappa shape index (κ1) is 29.5. The molecule has 0 aliphatic heterocycles. The quantitative estimate of drug-likeness (QED) is 0.285. The van der Waals surface area contributed by atoms with Gasteiger partial charge in [0, 0.05) is 31.6 Å². The minimum absolute atomic E-state index is 0.0187. The molecule has 0 radical (unpaired) electrons. The summed E-state index contributed by atoms with van der Waals surface area (Å²) >= 11 is 0. The van der Waals surface area contributed by atoms with Crippen LogP contribution in [0.1, 0.15) is 38.2 Å². The standard InChI is InChI=1S/C28H36FN7O3/c1-19(36(4)25(37)10-7-15-35(2)3)26(38)32-22-9-6-8-20(16-22)11-12-21-17-31-28(34-27(21)39-5)33-23-13-14-24(29)30-18-23/h7,10,13-14,17-20,22H,6,8-9,15-16H2,1-5H3,(H,32,38)(H,31,33,34)/t19-,20-,22-/m0/s1. The van der Waals surface area contributed by atoms with E-state index in [1.54, 1.807) is 26.2 Å². The first-order chi connectivity index (χ1) is 18.7. The zero-order valence-corrected chi connectivity index (χ0v) is 23.1. The van der Waals surface area contributed by atoms with Gasteiger partial charge in [-0.05, 0) is 52.4 Å². The van der Waals surface area contributed by atoms with Crippen molar-refractivity contribution in [3.63, 3.8) is 0 Å². The number of anilines is 2. The number of aromatic nitrogens is 3. The molecule has 1 saturated carbocycles. The van der Waals surface area contributed by atoms with Crippen LogP contribution in [0.5, 0.6) is 5.88 Å². The third kappa shape index (κ3) is 9.04. The first-order valence-electron chi connectivity index (χ1n) is 12.9. The number of likely N-dealkylation sites (N-methyl/N-ethyl adjacent to an activating group) is 2. The molecule has 2 amide bonds. The van der Waals surface area contributed by atoms with Gasteiger partial charge in [0.15, 0.2) is 0 Å². The van der Waals surface area contributed by atoms with Gasteiger partial charge < -0.3 is 25.2 Å². The Kier molecular flexibility index (Phi) is 10.8. The third-order valence-electron chi connectivity index (χ3n) is 6.40. The molecular weight excluding hydrogens is 501 g/mol. The van der Waals surface area contributed by atoms with Gasteiger partial charge in [0.05, 0.1) is 25.2 Å². The summed E-state index contributed by atoms with van der Waals surface area (Å²) in [6.07, 6.45) is 9.62. The fourth-order valence-corrected chi connectivity index (χ4v) is 4.05. The van der Waals surface area contributed by atoms with Crippen molar-refractivity contribution in [3.05, 3.63) is 48.2 Å². The highest BCUT2D eigenvalue weighted by molar-refractivity contribution is 5.92. The number of nitrogens with one attached hydrogen (secondary N) is 2. The Morgan fingerprint density at radius 3 is 2.72 bits per heavy atom. The van der Waals surface area contributed by atoms with Gasteiger partial charge in [0.2, 0.25) is 29.6 Å². The van der Waals surface area contributed by atoms with E-state index in [9.17, 15) is 14.0 Å². The van der Waals surface area contributed by atoms with Gasteiger partial charge in [-0.3, -0.25) is 9.59 Å². The van der Waals surface area contributed by atoms with Crippen molar-refractivity contribution in [2.75, 3.05) is 40.1 Å². The maximum Gasteiger partial charge on any atom is 0.246 e. The van der Waals surface area contributed by atoms with Crippen LogP contribution in [-0.2, 0) is 9.59 Å². The predicted molar refractivity (Wildman–Crippen MR) is 147 cm³/mol. The van der Waals surface area contributed by atoms with E-state index in [0.717, 1.165) is 19.3 Å². The van der Waals surface area contributed by atoms with E-state index in [4.69, 9.17) is 4.74 Å². The Bertz CT molecular complexity index is 1220. The molecule has 2 N–H and O–H groups in total. The van der Waals surface area contributed by atoms with Crippen molar-refractivity contribution in [1.82, 2.24) is 30.1 Å². The molecule has 2 aromatic heterocycles. The molecule has 39 heavy (non-hydrogen) atoms. The lowest BCUT2D eigenvalue weighted by Gasteiger charge is -2.30. The van der Waals surface area contributed by atoms with Crippen LogP contribution in [-0.4, -0.2) is 83.4 Å². The highest BCUT2D eigenvalue weighted by atomic mass is 19.1. The zero-order valence-electron chi connectivity index (χ0n) is 23.1. The highest BCUT2D eigenvalue weighted by Crippen LogP contribution is 2.25. The van der Waals surface area contributed by atoms with Crippen molar-refractivity contribution in [3.8, 4) is 17.7 Å². The van der Waals surface area contributed by atoms with Gasteiger partial charge in [0.1, 0.15) is 11.6 Å². The number of halogens is 1. The summed E-state index contributed by atoms with van der Waals surface area (Å²) in [5, 5.41) is 6.05. The second kappa shape index (κ2) is 14.2. The summed E-state index contributed by atoms with van der Waals surface area (Å²) in [4.78, 5) is 40.9. The average molecular weight is 538 g/mol. The number of nitrogens with zero attached hydrogens (tertiary/aromatic N) is 5. The van der Waals surface area contributed by atoms with E-state index in [1.807, 2.05) is 19.0 Å².